The van der Waals surface area contributed by atoms with Crippen molar-refractivity contribution in [1.82, 2.24) is 9.47 Å². The zero-order valence-corrected chi connectivity index (χ0v) is 22.3. The maximum absolute atomic E-state index is 14.2. The van der Waals surface area contributed by atoms with Gasteiger partial charge in [0.1, 0.15) is 12.6 Å². The van der Waals surface area contributed by atoms with E-state index in [1.54, 1.807) is 11.0 Å². The van der Waals surface area contributed by atoms with Crippen LogP contribution in [-0.2, 0) is 4.79 Å². The first-order valence-corrected chi connectivity index (χ1v) is 13.3. The van der Waals surface area contributed by atoms with Gasteiger partial charge in [0.05, 0.1) is 17.1 Å². The number of benzene rings is 3. The summed E-state index contributed by atoms with van der Waals surface area (Å²) in [7, 11) is 0. The topological polar surface area (TPSA) is 57.6 Å². The van der Waals surface area contributed by atoms with Gasteiger partial charge < -0.3 is 14.8 Å². The SMILES string of the molecule is Cc1ccc(NC(=O)N(CC(=O)N2c3ccccc3-n3cccc3C2c2cccc(Cl)c2)C2CC2)cc1Cl. The molecule has 1 aliphatic heterocycles. The van der Waals surface area contributed by atoms with Crippen molar-refractivity contribution in [3.63, 3.8) is 0 Å². The molecule has 3 amide bonds. The number of hydrogen-bond acceptors (Lipinski definition) is 2. The molecule has 2 aliphatic rings. The third kappa shape index (κ3) is 4.55. The first-order chi connectivity index (χ1) is 18.4. The van der Waals surface area contributed by atoms with Gasteiger partial charge in [0.2, 0.25) is 5.91 Å². The summed E-state index contributed by atoms with van der Waals surface area (Å²) in [6.07, 6.45) is 3.74. The summed E-state index contributed by atoms with van der Waals surface area (Å²) in [5, 5.41) is 4.11. The molecule has 1 aliphatic carbocycles. The first-order valence-electron chi connectivity index (χ1n) is 12.6. The molecule has 0 saturated heterocycles. The molecule has 3 aromatic carbocycles. The summed E-state index contributed by atoms with van der Waals surface area (Å²) >= 11 is 12.7. The highest BCUT2D eigenvalue weighted by atomic mass is 35.5. The molecule has 1 fully saturated rings. The van der Waals surface area contributed by atoms with E-state index < -0.39 is 6.04 Å². The van der Waals surface area contributed by atoms with Crippen molar-refractivity contribution < 1.29 is 9.59 Å². The standard InChI is InChI=1S/C30H26Cl2N4O2/c1-19-11-12-22(17-24(19)32)33-30(38)35(23-13-14-23)18-28(37)36-26-9-3-2-8-25(26)34-15-5-10-27(34)29(36)20-6-4-7-21(31)16-20/h2-12,15-17,23,29H,13-14,18H2,1H3,(H,33,38). The maximum atomic E-state index is 14.2. The predicted octanol–water partition coefficient (Wildman–Crippen LogP) is 7.23. The normalized spacial score (nSPS) is 16.0. The van der Waals surface area contributed by atoms with Crippen molar-refractivity contribution in [1.29, 1.82) is 0 Å². The highest BCUT2D eigenvalue weighted by Gasteiger charge is 2.40. The number of nitrogens with zero attached hydrogens (tertiary/aromatic N) is 3. The number of halogens is 2. The number of hydrogen-bond donors (Lipinski definition) is 1. The van der Waals surface area contributed by atoms with Crippen LogP contribution in [0.3, 0.4) is 0 Å². The molecule has 0 spiro atoms. The number of amides is 3. The van der Waals surface area contributed by atoms with E-state index in [1.807, 2.05) is 90.8 Å². The Bertz CT molecular complexity index is 1540. The average Bonchev–Trinajstić information content (AvgIpc) is 3.63. The Morgan fingerprint density at radius 3 is 2.47 bits per heavy atom. The van der Waals surface area contributed by atoms with Gasteiger partial charge in [0, 0.05) is 28.0 Å². The Morgan fingerprint density at radius 2 is 1.74 bits per heavy atom. The van der Waals surface area contributed by atoms with Gasteiger partial charge in [0.25, 0.3) is 0 Å². The van der Waals surface area contributed by atoms with Gasteiger partial charge in [-0.2, -0.15) is 0 Å². The molecule has 6 rings (SSSR count). The van der Waals surface area contributed by atoms with E-state index in [0.29, 0.717) is 15.7 Å². The van der Waals surface area contributed by atoms with Gasteiger partial charge in [-0.15, -0.1) is 0 Å². The molecule has 1 saturated carbocycles. The fourth-order valence-electron chi connectivity index (χ4n) is 5.09. The quantitative estimate of drug-likeness (QED) is 0.288. The van der Waals surface area contributed by atoms with Crippen LogP contribution in [0.15, 0.2) is 85.1 Å². The van der Waals surface area contributed by atoms with Gasteiger partial charge in [-0.25, -0.2) is 4.79 Å². The van der Waals surface area contributed by atoms with Crippen LogP contribution in [0, 0.1) is 6.92 Å². The lowest BCUT2D eigenvalue weighted by atomic mass is 9.97. The second kappa shape index (κ2) is 9.86. The van der Waals surface area contributed by atoms with Crippen LogP contribution in [0.25, 0.3) is 5.69 Å². The molecule has 0 radical (unpaired) electrons. The highest BCUT2D eigenvalue weighted by Crippen LogP contribution is 2.43. The fraction of sp³-hybridized carbons (Fsp3) is 0.200. The van der Waals surface area contributed by atoms with Gasteiger partial charge in [-0.05, 0) is 79.4 Å². The Balaban J connectivity index is 1.35. The molecule has 4 aromatic rings. The number of urea groups is 1. The van der Waals surface area contributed by atoms with Crippen molar-refractivity contribution in [2.24, 2.45) is 0 Å². The summed E-state index contributed by atoms with van der Waals surface area (Å²) in [5.74, 6) is -0.168. The molecule has 1 atom stereocenters. The predicted molar refractivity (Wildman–Crippen MR) is 151 cm³/mol. The van der Waals surface area contributed by atoms with Crippen molar-refractivity contribution in [2.75, 3.05) is 16.8 Å². The summed E-state index contributed by atoms with van der Waals surface area (Å²) < 4.78 is 2.11. The van der Waals surface area contributed by atoms with E-state index in [-0.39, 0.29) is 24.5 Å². The van der Waals surface area contributed by atoms with Gasteiger partial charge in [-0.3, -0.25) is 9.69 Å². The Morgan fingerprint density at radius 1 is 0.947 bits per heavy atom. The van der Waals surface area contributed by atoms with Crippen LogP contribution >= 0.6 is 23.2 Å². The number of para-hydroxylation sites is 2. The number of aryl methyl sites for hydroxylation is 1. The number of nitrogens with one attached hydrogen (secondary N) is 1. The minimum Gasteiger partial charge on any atom is -0.316 e. The molecule has 1 unspecified atom stereocenters. The van der Waals surface area contributed by atoms with Gasteiger partial charge in [0.15, 0.2) is 0 Å². The minimum atomic E-state index is -0.397. The zero-order valence-electron chi connectivity index (χ0n) is 20.8. The molecular formula is C30H26Cl2N4O2. The summed E-state index contributed by atoms with van der Waals surface area (Å²) in [6, 6.07) is 24.1. The fourth-order valence-corrected chi connectivity index (χ4v) is 5.47. The average molecular weight is 545 g/mol. The van der Waals surface area contributed by atoms with Crippen molar-refractivity contribution >= 4 is 46.5 Å². The Hall–Kier alpha value is -3.74. The Kier molecular flexibility index (Phi) is 6.38. The van der Waals surface area contributed by atoms with Crippen LogP contribution in [0.1, 0.15) is 35.7 Å². The smallest absolute Gasteiger partial charge is 0.316 e. The molecular weight excluding hydrogens is 519 g/mol. The van der Waals surface area contributed by atoms with Crippen molar-refractivity contribution in [2.45, 2.75) is 31.8 Å². The maximum Gasteiger partial charge on any atom is 0.322 e. The summed E-state index contributed by atoms with van der Waals surface area (Å²) in [4.78, 5) is 31.0. The third-order valence-corrected chi connectivity index (χ3v) is 7.77. The van der Waals surface area contributed by atoms with E-state index >= 15 is 0 Å². The molecule has 6 nitrogen and oxygen atoms in total. The largest absolute Gasteiger partial charge is 0.322 e. The monoisotopic (exact) mass is 544 g/mol. The second-order valence-corrected chi connectivity index (χ2v) is 10.6. The third-order valence-electron chi connectivity index (χ3n) is 7.13. The van der Waals surface area contributed by atoms with Crippen LogP contribution in [0.5, 0.6) is 0 Å². The lowest BCUT2D eigenvalue weighted by molar-refractivity contribution is -0.119. The number of anilines is 2. The van der Waals surface area contributed by atoms with Crippen molar-refractivity contribution in [3.05, 3.63) is 112 Å². The summed E-state index contributed by atoms with van der Waals surface area (Å²) in [5.41, 5.74) is 5.08. The Labute approximate surface area is 231 Å². The van der Waals surface area contributed by atoms with Gasteiger partial charge >= 0.3 is 6.03 Å². The molecule has 192 valence electrons. The highest BCUT2D eigenvalue weighted by molar-refractivity contribution is 6.31. The van der Waals surface area contributed by atoms with Crippen LogP contribution < -0.4 is 10.2 Å². The van der Waals surface area contributed by atoms with Crippen LogP contribution in [-0.4, -0.2) is 34.0 Å². The lowest BCUT2D eigenvalue weighted by Crippen LogP contribution is -2.48. The van der Waals surface area contributed by atoms with E-state index in [2.05, 4.69) is 9.88 Å². The van der Waals surface area contributed by atoms with Crippen LogP contribution in [0.4, 0.5) is 16.2 Å². The number of carbonyl (C=O) groups excluding carboxylic acids is 2. The lowest BCUT2D eigenvalue weighted by Gasteiger charge is -2.39. The first kappa shape index (κ1) is 24.6. The number of aromatic nitrogens is 1. The molecule has 38 heavy (non-hydrogen) atoms. The molecule has 1 N–H and O–H groups in total. The van der Waals surface area contributed by atoms with E-state index in [0.717, 1.165) is 41.0 Å². The second-order valence-electron chi connectivity index (χ2n) is 9.77. The molecule has 2 heterocycles. The van der Waals surface area contributed by atoms with Crippen LogP contribution in [0.2, 0.25) is 10.0 Å². The van der Waals surface area contributed by atoms with E-state index in [9.17, 15) is 9.59 Å². The van der Waals surface area contributed by atoms with E-state index in [1.165, 1.54) is 0 Å². The summed E-state index contributed by atoms with van der Waals surface area (Å²) in [6.45, 7) is 1.86. The molecule has 0 bridgehead atoms. The molecule has 8 heteroatoms. The zero-order chi connectivity index (χ0) is 26.4. The minimum absolute atomic E-state index is 0.0217. The number of carbonyl (C=O) groups is 2. The number of rotatable bonds is 5. The van der Waals surface area contributed by atoms with Gasteiger partial charge in [-0.1, -0.05) is 53.5 Å². The van der Waals surface area contributed by atoms with Crippen molar-refractivity contribution in [3.8, 4) is 5.69 Å². The molecule has 1 aromatic heterocycles. The number of fused-ring (bicyclic) bond motifs is 3. The van der Waals surface area contributed by atoms with E-state index in [4.69, 9.17) is 23.2 Å².